The molecule has 0 saturated heterocycles. The molecule has 8 nitrogen and oxygen atoms in total. The lowest BCUT2D eigenvalue weighted by Crippen LogP contribution is -2.41. The summed E-state index contributed by atoms with van der Waals surface area (Å²) >= 11 is 0. The molecule has 2 amide bonds. The van der Waals surface area contributed by atoms with Gasteiger partial charge in [-0.2, -0.15) is 13.9 Å². The number of aromatic nitrogens is 3. The van der Waals surface area contributed by atoms with Crippen molar-refractivity contribution in [3.63, 3.8) is 0 Å². The standard InChI is InChI=1S/C14H13F4N5O3/c1-8(5-23-7-19-6-20-23)21-12(24)22-9-2-3-11-10(4-9)13(15,16)26-14(17,18)25-11/h2-4,6-8H,5H2,1H3,(H2,21,22,24). The third-order valence-electron chi connectivity index (χ3n) is 3.33. The van der Waals surface area contributed by atoms with Crippen molar-refractivity contribution in [1.29, 1.82) is 0 Å². The number of amides is 2. The van der Waals surface area contributed by atoms with Crippen LogP contribution in [0.25, 0.3) is 0 Å². The summed E-state index contributed by atoms with van der Waals surface area (Å²) in [6.07, 6.45) is -5.91. The largest absolute Gasteiger partial charge is 0.540 e. The number of carbonyl (C=O) groups excluding carboxylic acids is 1. The molecule has 0 aliphatic carbocycles. The molecule has 0 radical (unpaired) electrons. The van der Waals surface area contributed by atoms with Gasteiger partial charge in [0.05, 0.1) is 12.1 Å². The number of carbonyl (C=O) groups is 1. The van der Waals surface area contributed by atoms with Crippen LogP contribution in [0.4, 0.5) is 28.0 Å². The average molecular weight is 375 g/mol. The monoisotopic (exact) mass is 375 g/mol. The van der Waals surface area contributed by atoms with Crippen molar-refractivity contribution in [3.05, 3.63) is 36.4 Å². The molecule has 1 atom stereocenters. The number of hydrogen-bond donors (Lipinski definition) is 2. The van der Waals surface area contributed by atoms with Gasteiger partial charge in [0.2, 0.25) is 0 Å². The van der Waals surface area contributed by atoms with Gasteiger partial charge in [0.1, 0.15) is 18.4 Å². The molecule has 2 N–H and O–H groups in total. The first kappa shape index (κ1) is 17.9. The Kier molecular flexibility index (Phi) is 4.44. The van der Waals surface area contributed by atoms with E-state index in [2.05, 4.69) is 30.2 Å². The van der Waals surface area contributed by atoms with Crippen molar-refractivity contribution in [2.45, 2.75) is 31.9 Å². The van der Waals surface area contributed by atoms with E-state index in [-0.39, 0.29) is 11.7 Å². The number of benzene rings is 1. The Hall–Kier alpha value is -2.89. The van der Waals surface area contributed by atoms with Crippen molar-refractivity contribution < 1.29 is 31.8 Å². The number of rotatable bonds is 4. The lowest BCUT2D eigenvalue weighted by atomic mass is 10.1. The maximum absolute atomic E-state index is 13.7. The van der Waals surface area contributed by atoms with Crippen LogP contribution in [0.15, 0.2) is 30.9 Å². The molecule has 1 unspecified atom stereocenters. The number of ether oxygens (including phenoxy) is 2. The minimum absolute atomic E-state index is 0.0497. The molecule has 0 fully saturated rings. The Labute approximate surface area is 144 Å². The fourth-order valence-electron chi connectivity index (χ4n) is 2.32. The molecule has 1 aromatic heterocycles. The number of halogens is 4. The normalized spacial score (nSPS) is 18.3. The molecule has 140 valence electrons. The number of alkyl halides is 4. The minimum Gasteiger partial charge on any atom is -0.409 e. The molecular weight excluding hydrogens is 362 g/mol. The molecular formula is C14H13F4N5O3. The molecule has 1 aliphatic rings. The zero-order valence-electron chi connectivity index (χ0n) is 13.2. The Bertz CT molecular complexity index is 800. The second kappa shape index (κ2) is 6.44. The molecule has 2 heterocycles. The predicted octanol–water partition coefficient (Wildman–Crippen LogP) is 2.50. The summed E-state index contributed by atoms with van der Waals surface area (Å²) in [6.45, 7) is 2.04. The van der Waals surface area contributed by atoms with E-state index in [1.807, 2.05) is 0 Å². The van der Waals surface area contributed by atoms with E-state index >= 15 is 0 Å². The van der Waals surface area contributed by atoms with Crippen molar-refractivity contribution in [2.24, 2.45) is 0 Å². The van der Waals surface area contributed by atoms with Crippen LogP contribution in [0.1, 0.15) is 12.5 Å². The van der Waals surface area contributed by atoms with Gasteiger partial charge in [-0.15, -0.1) is 8.78 Å². The number of urea groups is 1. The minimum atomic E-state index is -4.44. The summed E-state index contributed by atoms with van der Waals surface area (Å²) in [6, 6.07) is 1.82. The number of nitrogens with one attached hydrogen (secondary N) is 2. The van der Waals surface area contributed by atoms with Crippen molar-refractivity contribution in [1.82, 2.24) is 20.1 Å². The van der Waals surface area contributed by atoms with Crippen LogP contribution in [0.5, 0.6) is 5.75 Å². The van der Waals surface area contributed by atoms with Crippen molar-refractivity contribution >= 4 is 11.7 Å². The van der Waals surface area contributed by atoms with Gasteiger partial charge in [0, 0.05) is 11.7 Å². The molecule has 2 aromatic rings. The van der Waals surface area contributed by atoms with E-state index in [1.54, 1.807) is 6.92 Å². The first-order valence-electron chi connectivity index (χ1n) is 7.34. The predicted molar refractivity (Wildman–Crippen MR) is 78.6 cm³/mol. The van der Waals surface area contributed by atoms with Gasteiger partial charge in [-0.05, 0) is 25.1 Å². The molecule has 12 heteroatoms. The highest BCUT2D eigenvalue weighted by molar-refractivity contribution is 5.89. The summed E-state index contributed by atoms with van der Waals surface area (Å²) in [5.74, 6) is -0.739. The molecule has 1 aliphatic heterocycles. The highest BCUT2D eigenvalue weighted by Gasteiger charge is 2.54. The zero-order chi connectivity index (χ0) is 18.9. The van der Waals surface area contributed by atoms with Crippen LogP contribution >= 0.6 is 0 Å². The van der Waals surface area contributed by atoms with Crippen LogP contribution in [-0.4, -0.2) is 33.1 Å². The zero-order valence-corrected chi connectivity index (χ0v) is 13.2. The Morgan fingerprint density at radius 1 is 1.35 bits per heavy atom. The average Bonchev–Trinajstić information content (AvgIpc) is 2.98. The number of hydrogen-bond acceptors (Lipinski definition) is 5. The van der Waals surface area contributed by atoms with Gasteiger partial charge in [-0.1, -0.05) is 0 Å². The molecule has 0 spiro atoms. The second-order valence-electron chi connectivity index (χ2n) is 5.51. The lowest BCUT2D eigenvalue weighted by Gasteiger charge is -2.30. The third kappa shape index (κ3) is 4.02. The van der Waals surface area contributed by atoms with Crippen LogP contribution in [0, 0.1) is 0 Å². The topological polar surface area (TPSA) is 90.3 Å². The van der Waals surface area contributed by atoms with Crippen LogP contribution in [0.3, 0.4) is 0 Å². The molecule has 26 heavy (non-hydrogen) atoms. The van der Waals surface area contributed by atoms with E-state index in [9.17, 15) is 22.4 Å². The summed E-state index contributed by atoms with van der Waals surface area (Å²) in [5.41, 5.74) is -0.969. The van der Waals surface area contributed by atoms with Gasteiger partial charge in [0.25, 0.3) is 0 Å². The molecule has 3 rings (SSSR count). The summed E-state index contributed by atoms with van der Waals surface area (Å²) in [7, 11) is 0. The first-order valence-corrected chi connectivity index (χ1v) is 7.34. The fourth-order valence-corrected chi connectivity index (χ4v) is 2.32. The highest BCUT2D eigenvalue weighted by atomic mass is 19.3. The van der Waals surface area contributed by atoms with E-state index in [4.69, 9.17) is 0 Å². The summed E-state index contributed by atoms with van der Waals surface area (Å²) in [4.78, 5) is 15.7. The van der Waals surface area contributed by atoms with E-state index in [0.717, 1.165) is 18.2 Å². The van der Waals surface area contributed by atoms with E-state index < -0.39 is 29.7 Å². The maximum Gasteiger partial charge on any atom is 0.540 e. The number of anilines is 1. The molecule has 0 saturated carbocycles. The quantitative estimate of drug-likeness (QED) is 0.802. The van der Waals surface area contributed by atoms with Gasteiger partial charge in [-0.3, -0.25) is 4.68 Å². The SMILES string of the molecule is CC(Cn1cncn1)NC(=O)Nc1ccc2c(c1)C(F)(F)OC(F)(F)O2. The molecule has 0 bridgehead atoms. The van der Waals surface area contributed by atoms with Crippen LogP contribution < -0.4 is 15.4 Å². The smallest absolute Gasteiger partial charge is 0.409 e. The second-order valence-corrected chi connectivity index (χ2v) is 5.51. The van der Waals surface area contributed by atoms with Gasteiger partial charge >= 0.3 is 18.4 Å². The van der Waals surface area contributed by atoms with Gasteiger partial charge in [0.15, 0.2) is 0 Å². The Balaban J connectivity index is 1.66. The van der Waals surface area contributed by atoms with Crippen LogP contribution in [0.2, 0.25) is 0 Å². The Morgan fingerprint density at radius 3 is 2.81 bits per heavy atom. The summed E-state index contributed by atoms with van der Waals surface area (Å²) in [5, 5.41) is 8.79. The van der Waals surface area contributed by atoms with E-state index in [0.29, 0.717) is 6.54 Å². The van der Waals surface area contributed by atoms with Crippen LogP contribution in [-0.2, 0) is 17.4 Å². The number of fused-ring (bicyclic) bond motifs is 1. The van der Waals surface area contributed by atoms with Crippen molar-refractivity contribution in [2.75, 3.05) is 5.32 Å². The Morgan fingerprint density at radius 2 is 2.12 bits per heavy atom. The molecule has 1 aromatic carbocycles. The van der Waals surface area contributed by atoms with Crippen molar-refractivity contribution in [3.8, 4) is 5.75 Å². The third-order valence-corrected chi connectivity index (χ3v) is 3.33. The first-order chi connectivity index (χ1) is 12.1. The van der Waals surface area contributed by atoms with Gasteiger partial charge < -0.3 is 15.4 Å². The fraction of sp³-hybridized carbons (Fsp3) is 0.357. The maximum atomic E-state index is 13.7. The van der Waals surface area contributed by atoms with E-state index in [1.165, 1.54) is 17.3 Å². The lowest BCUT2D eigenvalue weighted by molar-refractivity contribution is -0.461. The number of nitrogens with zero attached hydrogens (tertiary/aromatic N) is 3. The summed E-state index contributed by atoms with van der Waals surface area (Å²) < 4.78 is 62.3. The van der Waals surface area contributed by atoms with Gasteiger partial charge in [-0.25, -0.2) is 14.5 Å². The highest BCUT2D eigenvalue weighted by Crippen LogP contribution is 2.46.